The van der Waals surface area contributed by atoms with Crippen LogP contribution >= 0.6 is 0 Å². The Morgan fingerprint density at radius 1 is 0.333 bits per heavy atom. The van der Waals surface area contributed by atoms with Crippen LogP contribution in [0.4, 0.5) is 34.1 Å². The maximum atomic E-state index is 2.52. The molecule has 310 valence electrons. The first-order valence-corrected chi connectivity index (χ1v) is 22.9. The lowest BCUT2D eigenvalue weighted by Crippen LogP contribution is -2.32. The van der Waals surface area contributed by atoms with Gasteiger partial charge in [0.2, 0.25) is 0 Å². The summed E-state index contributed by atoms with van der Waals surface area (Å²) in [6, 6.07) is 91.4. The summed E-state index contributed by atoms with van der Waals surface area (Å²) >= 11 is 0. The molecule has 13 rings (SSSR count). The van der Waals surface area contributed by atoms with E-state index in [2.05, 4.69) is 265 Å². The van der Waals surface area contributed by atoms with Crippen LogP contribution in [-0.2, 0) is 5.41 Å². The van der Waals surface area contributed by atoms with Gasteiger partial charge in [0.05, 0.1) is 22.7 Å². The van der Waals surface area contributed by atoms with Gasteiger partial charge in [-0.05, 0) is 140 Å². The minimum absolute atomic E-state index is 0.338. The molecule has 1 atom stereocenters. The third kappa shape index (κ3) is 5.89. The number of fused-ring (bicyclic) bond motifs is 7. The minimum Gasteiger partial charge on any atom is -0.310 e. The van der Waals surface area contributed by atoms with Gasteiger partial charge in [-0.2, -0.15) is 0 Å². The van der Waals surface area contributed by atoms with E-state index in [4.69, 9.17) is 0 Å². The molecule has 1 heterocycles. The standard InChI is InChI=1S/C64H44N2/c1-64-57-27-10-9-25-55(57)56-26-14-30-62(63(56)64)66(60-29-13-20-47-18-6-8-24-54(47)60)61-40-35-50(42-58(61)64)45-33-38-52(39-34-45)65(59-28-12-19-46-17-5-7-23-53(46)59)51-36-31-44(32-37-51)49-22-11-21-48(41-49)43-15-3-2-4-16-43/h2-42H,1H3. The molecule has 2 heteroatoms. The van der Waals surface area contributed by atoms with E-state index < -0.39 is 0 Å². The van der Waals surface area contributed by atoms with E-state index in [0.29, 0.717) is 0 Å². The van der Waals surface area contributed by atoms with E-state index in [1.165, 1.54) is 99.8 Å². The molecule has 0 aromatic heterocycles. The number of rotatable bonds is 7. The second kappa shape index (κ2) is 15.1. The average molecular weight is 841 g/mol. The molecular formula is C64H44N2. The highest BCUT2D eigenvalue weighted by Crippen LogP contribution is 2.63. The van der Waals surface area contributed by atoms with E-state index in [1.807, 2.05) is 0 Å². The van der Waals surface area contributed by atoms with Crippen LogP contribution in [0, 0.1) is 0 Å². The Hall–Kier alpha value is -8.46. The fraction of sp³-hybridized carbons (Fsp3) is 0.0312. The highest BCUT2D eigenvalue weighted by molar-refractivity contribution is 6.04. The fourth-order valence-electron chi connectivity index (χ4n) is 11.1. The molecule has 1 aliphatic heterocycles. The van der Waals surface area contributed by atoms with Gasteiger partial charge in [0.15, 0.2) is 0 Å². The zero-order chi connectivity index (χ0) is 43.8. The quantitative estimate of drug-likeness (QED) is 0.158. The topological polar surface area (TPSA) is 6.48 Å². The predicted octanol–water partition coefficient (Wildman–Crippen LogP) is 17.6. The molecule has 0 N–H and O–H groups in total. The summed E-state index contributed by atoms with van der Waals surface area (Å²) in [4.78, 5) is 4.92. The van der Waals surface area contributed by atoms with Crippen LogP contribution in [0.25, 0.3) is 66.1 Å². The van der Waals surface area contributed by atoms with Crippen molar-refractivity contribution in [3.05, 3.63) is 265 Å². The molecular weight excluding hydrogens is 797 g/mol. The van der Waals surface area contributed by atoms with Gasteiger partial charge in [0.1, 0.15) is 0 Å². The van der Waals surface area contributed by atoms with Gasteiger partial charge in [-0.15, -0.1) is 0 Å². The summed E-state index contributed by atoms with van der Waals surface area (Å²) in [5, 5.41) is 4.90. The lowest BCUT2D eigenvalue weighted by Gasteiger charge is -2.43. The normalized spacial score (nSPS) is 14.5. The summed E-state index contributed by atoms with van der Waals surface area (Å²) in [6.07, 6.45) is 0. The molecule has 0 saturated carbocycles. The molecule has 2 aliphatic rings. The fourth-order valence-corrected chi connectivity index (χ4v) is 11.1. The Bertz CT molecular complexity index is 3650. The van der Waals surface area contributed by atoms with Crippen molar-refractivity contribution in [3.63, 3.8) is 0 Å². The van der Waals surface area contributed by atoms with Gasteiger partial charge in [-0.3, -0.25) is 0 Å². The number of hydrogen-bond donors (Lipinski definition) is 0. The van der Waals surface area contributed by atoms with E-state index in [9.17, 15) is 0 Å². The van der Waals surface area contributed by atoms with Crippen molar-refractivity contribution in [2.24, 2.45) is 0 Å². The molecule has 1 unspecified atom stereocenters. The summed E-state index contributed by atoms with van der Waals surface area (Å²) < 4.78 is 0. The first kappa shape index (κ1) is 38.0. The summed E-state index contributed by atoms with van der Waals surface area (Å²) in [7, 11) is 0. The highest BCUT2D eigenvalue weighted by atomic mass is 15.2. The van der Waals surface area contributed by atoms with Gasteiger partial charge in [0, 0.05) is 27.6 Å². The van der Waals surface area contributed by atoms with Crippen molar-refractivity contribution < 1.29 is 0 Å². The van der Waals surface area contributed by atoms with Gasteiger partial charge < -0.3 is 9.80 Å². The monoisotopic (exact) mass is 840 g/mol. The van der Waals surface area contributed by atoms with Crippen molar-refractivity contribution in [2.45, 2.75) is 12.3 Å². The average Bonchev–Trinajstić information content (AvgIpc) is 3.66. The molecule has 0 amide bonds. The molecule has 66 heavy (non-hydrogen) atoms. The Morgan fingerprint density at radius 2 is 0.833 bits per heavy atom. The van der Waals surface area contributed by atoms with Gasteiger partial charge in [-0.1, -0.05) is 188 Å². The minimum atomic E-state index is -0.338. The SMILES string of the molecule is CC12c3ccccc3-c3cccc(c31)N(c1cccc3ccccc13)c1ccc(-c3ccc(N(c4ccc(-c5cccc(-c6ccccc6)c5)cc4)c4cccc5ccccc45)cc3)cc12. The maximum Gasteiger partial charge on any atom is 0.0540 e. The third-order valence-corrected chi connectivity index (χ3v) is 14.2. The van der Waals surface area contributed by atoms with E-state index in [-0.39, 0.29) is 5.41 Å². The van der Waals surface area contributed by atoms with Crippen molar-refractivity contribution in [3.8, 4) is 44.5 Å². The van der Waals surface area contributed by atoms with E-state index >= 15 is 0 Å². The molecule has 1 aliphatic carbocycles. The van der Waals surface area contributed by atoms with Crippen LogP contribution in [-0.4, -0.2) is 0 Å². The van der Waals surface area contributed by atoms with Crippen LogP contribution in [0.1, 0.15) is 23.6 Å². The van der Waals surface area contributed by atoms with Gasteiger partial charge in [0.25, 0.3) is 0 Å². The van der Waals surface area contributed by atoms with Crippen LogP contribution in [0.3, 0.4) is 0 Å². The van der Waals surface area contributed by atoms with Gasteiger partial charge >= 0.3 is 0 Å². The molecule has 0 saturated heterocycles. The van der Waals surface area contributed by atoms with Crippen LogP contribution in [0.15, 0.2) is 249 Å². The smallest absolute Gasteiger partial charge is 0.0540 e. The third-order valence-electron chi connectivity index (χ3n) is 14.2. The first-order chi connectivity index (χ1) is 32.6. The lowest BCUT2D eigenvalue weighted by molar-refractivity contribution is 0.702. The Kier molecular flexibility index (Phi) is 8.69. The van der Waals surface area contributed by atoms with Gasteiger partial charge in [-0.25, -0.2) is 0 Å². The number of benzene rings is 11. The number of anilines is 6. The predicted molar refractivity (Wildman–Crippen MR) is 278 cm³/mol. The maximum absolute atomic E-state index is 2.52. The zero-order valence-electron chi connectivity index (χ0n) is 36.6. The lowest BCUT2D eigenvalue weighted by atomic mass is 9.70. The molecule has 0 bridgehead atoms. The number of hydrogen-bond acceptors (Lipinski definition) is 2. The van der Waals surface area contributed by atoms with Crippen molar-refractivity contribution in [1.29, 1.82) is 0 Å². The molecule has 11 aromatic rings. The van der Waals surface area contributed by atoms with E-state index in [0.717, 1.165) is 17.1 Å². The molecule has 0 spiro atoms. The van der Waals surface area contributed by atoms with Crippen molar-refractivity contribution in [2.75, 3.05) is 9.80 Å². The summed E-state index contributed by atoms with van der Waals surface area (Å²) in [6.45, 7) is 2.45. The molecule has 2 nitrogen and oxygen atoms in total. The van der Waals surface area contributed by atoms with Crippen LogP contribution in [0.5, 0.6) is 0 Å². The second-order valence-corrected chi connectivity index (χ2v) is 17.8. The Morgan fingerprint density at radius 3 is 1.58 bits per heavy atom. The van der Waals surface area contributed by atoms with Crippen LogP contribution in [0.2, 0.25) is 0 Å². The zero-order valence-corrected chi connectivity index (χ0v) is 36.6. The Labute approximate surface area is 385 Å². The first-order valence-electron chi connectivity index (χ1n) is 22.9. The van der Waals surface area contributed by atoms with Crippen molar-refractivity contribution >= 4 is 55.7 Å². The van der Waals surface area contributed by atoms with Crippen molar-refractivity contribution in [1.82, 2.24) is 0 Å². The van der Waals surface area contributed by atoms with E-state index in [1.54, 1.807) is 0 Å². The number of nitrogens with zero attached hydrogens (tertiary/aromatic N) is 2. The largest absolute Gasteiger partial charge is 0.310 e. The molecule has 0 radical (unpaired) electrons. The second-order valence-electron chi connectivity index (χ2n) is 17.8. The summed E-state index contributed by atoms with van der Waals surface area (Å²) in [5.74, 6) is 0. The molecule has 0 fully saturated rings. The summed E-state index contributed by atoms with van der Waals surface area (Å²) in [5.41, 5.74) is 20.5. The Balaban J connectivity index is 0.926. The van der Waals surface area contributed by atoms with Crippen LogP contribution < -0.4 is 9.80 Å². The molecule has 11 aromatic carbocycles. The highest BCUT2D eigenvalue weighted by Gasteiger charge is 2.48.